The zero-order chi connectivity index (χ0) is 20.0. The molecule has 0 aliphatic heterocycles. The Bertz CT molecular complexity index is 834. The lowest BCUT2D eigenvalue weighted by molar-refractivity contribution is -0.384. The lowest BCUT2D eigenvalue weighted by atomic mass is 10.1. The molecule has 2 rings (SSSR count). The molecule has 0 heterocycles. The lowest BCUT2D eigenvalue weighted by Gasteiger charge is -2.28. The molecule has 0 atom stereocenters. The fourth-order valence-electron chi connectivity index (χ4n) is 2.81. The number of nitro groups is 1. The smallest absolute Gasteiger partial charge is 0.269 e. The number of nitrogen functional groups attached to an aromatic ring is 1. The fraction of sp³-hybridized carbons (Fsp3) is 0.263. The van der Waals surface area contributed by atoms with Crippen molar-refractivity contribution < 1.29 is 14.4 Å². The monoisotopic (exact) mass is 372 g/mol. The molecule has 0 bridgehead atoms. The summed E-state index contributed by atoms with van der Waals surface area (Å²) < 4.78 is 10.7. The van der Waals surface area contributed by atoms with Gasteiger partial charge < -0.3 is 25.8 Å². The number of nitrogens with two attached hydrogens (primary N) is 2. The van der Waals surface area contributed by atoms with Gasteiger partial charge in [0, 0.05) is 47.9 Å². The minimum absolute atomic E-state index is 0.0270. The first-order valence-electron chi connectivity index (χ1n) is 8.42. The Hall–Kier alpha value is -3.42. The minimum atomic E-state index is -0.431. The first kappa shape index (κ1) is 19.9. The van der Waals surface area contributed by atoms with E-state index in [9.17, 15) is 10.1 Å². The molecule has 0 amide bonds. The molecule has 27 heavy (non-hydrogen) atoms. The van der Waals surface area contributed by atoms with Crippen molar-refractivity contribution in [2.75, 3.05) is 31.4 Å². The van der Waals surface area contributed by atoms with Crippen molar-refractivity contribution in [3.8, 4) is 11.5 Å². The van der Waals surface area contributed by atoms with Crippen LogP contribution in [0.5, 0.6) is 11.5 Å². The van der Waals surface area contributed by atoms with Crippen molar-refractivity contribution in [3.63, 3.8) is 0 Å². The third-order valence-electron chi connectivity index (χ3n) is 4.10. The second-order valence-corrected chi connectivity index (χ2v) is 5.77. The number of anilines is 2. The number of benzene rings is 2. The molecule has 2 aromatic carbocycles. The van der Waals surface area contributed by atoms with E-state index in [-0.39, 0.29) is 5.69 Å². The Morgan fingerprint density at radius 1 is 1.19 bits per heavy atom. The number of rotatable bonds is 8. The molecule has 2 aromatic rings. The zero-order valence-corrected chi connectivity index (χ0v) is 15.6. The van der Waals surface area contributed by atoms with Crippen LogP contribution in [0.15, 0.2) is 42.6 Å². The van der Waals surface area contributed by atoms with Gasteiger partial charge in [-0.25, -0.2) is 0 Å². The van der Waals surface area contributed by atoms with Crippen LogP contribution in [-0.4, -0.2) is 25.7 Å². The van der Waals surface area contributed by atoms with E-state index < -0.39 is 4.92 Å². The molecule has 0 aromatic heterocycles. The number of nitrogens with zero attached hydrogens (tertiary/aromatic N) is 2. The molecule has 0 saturated heterocycles. The summed E-state index contributed by atoms with van der Waals surface area (Å²) in [5.41, 5.74) is 14.8. The Labute approximate surface area is 158 Å². The van der Waals surface area contributed by atoms with Gasteiger partial charge in [0.1, 0.15) is 0 Å². The molecule has 0 fully saturated rings. The molecule has 0 spiro atoms. The average molecular weight is 372 g/mol. The van der Waals surface area contributed by atoms with E-state index in [0.29, 0.717) is 35.0 Å². The van der Waals surface area contributed by atoms with E-state index in [1.54, 1.807) is 31.4 Å². The van der Waals surface area contributed by atoms with Crippen molar-refractivity contribution in [1.82, 2.24) is 0 Å². The summed E-state index contributed by atoms with van der Waals surface area (Å²) in [5, 5.41) is 10.9. The topological polar surface area (TPSA) is 117 Å². The van der Waals surface area contributed by atoms with Crippen LogP contribution in [0.2, 0.25) is 0 Å². The van der Waals surface area contributed by atoms with Crippen LogP contribution < -0.4 is 25.8 Å². The lowest BCUT2D eigenvalue weighted by Crippen LogP contribution is -2.24. The average Bonchev–Trinajstić information content (AvgIpc) is 2.68. The molecule has 8 heteroatoms. The number of hydrogen-bond acceptors (Lipinski definition) is 7. The van der Waals surface area contributed by atoms with Gasteiger partial charge in [-0.3, -0.25) is 10.1 Å². The molecular formula is C19H24N4O4. The molecule has 0 aliphatic carbocycles. The predicted octanol–water partition coefficient (Wildman–Crippen LogP) is 3.37. The van der Waals surface area contributed by atoms with Gasteiger partial charge in [-0.1, -0.05) is 6.92 Å². The first-order chi connectivity index (χ1) is 13.0. The third kappa shape index (κ3) is 4.22. The van der Waals surface area contributed by atoms with Crippen molar-refractivity contribution >= 4 is 22.8 Å². The maximum Gasteiger partial charge on any atom is 0.269 e. The summed E-state index contributed by atoms with van der Waals surface area (Å²) in [4.78, 5) is 12.4. The van der Waals surface area contributed by atoms with Gasteiger partial charge in [-0.2, -0.15) is 0 Å². The van der Waals surface area contributed by atoms with Gasteiger partial charge in [0.2, 0.25) is 0 Å². The minimum Gasteiger partial charge on any atom is -0.493 e. The maximum absolute atomic E-state index is 10.9. The molecule has 8 nitrogen and oxygen atoms in total. The summed E-state index contributed by atoms with van der Waals surface area (Å²) in [6.07, 6.45) is 2.30. The standard InChI is InChI=1S/C19H24N4O4/c1-4-9-22(13-5-7-14(8-6-13)23(24)25)17(12-20)15-10-18(26-2)19(27-3)11-16(15)21/h5-8,10-12H,4,9,20-21H2,1-3H3/b17-12+. The van der Waals surface area contributed by atoms with E-state index >= 15 is 0 Å². The van der Waals surface area contributed by atoms with Gasteiger partial charge >= 0.3 is 0 Å². The number of nitro benzene ring substituents is 1. The van der Waals surface area contributed by atoms with Crippen LogP contribution in [0.4, 0.5) is 17.1 Å². The van der Waals surface area contributed by atoms with Crippen LogP contribution in [-0.2, 0) is 0 Å². The third-order valence-corrected chi connectivity index (χ3v) is 4.10. The SMILES string of the molecule is CCCN(/C(=C/N)c1cc(OC)c(OC)cc1N)c1ccc([N+](=O)[O-])cc1. The van der Waals surface area contributed by atoms with E-state index in [0.717, 1.165) is 12.1 Å². The largest absolute Gasteiger partial charge is 0.493 e. The normalized spacial score (nSPS) is 11.1. The Kier molecular flexibility index (Phi) is 6.48. The highest BCUT2D eigenvalue weighted by Crippen LogP contribution is 2.37. The first-order valence-corrected chi connectivity index (χ1v) is 8.42. The number of non-ortho nitro benzene ring substituents is 1. The van der Waals surface area contributed by atoms with Gasteiger partial charge in [0.15, 0.2) is 11.5 Å². The Morgan fingerprint density at radius 2 is 1.78 bits per heavy atom. The highest BCUT2D eigenvalue weighted by atomic mass is 16.6. The highest BCUT2D eigenvalue weighted by Gasteiger charge is 2.19. The van der Waals surface area contributed by atoms with Crippen LogP contribution in [0.3, 0.4) is 0 Å². The molecule has 0 radical (unpaired) electrons. The van der Waals surface area contributed by atoms with Crippen molar-refractivity contribution in [3.05, 3.63) is 58.3 Å². The van der Waals surface area contributed by atoms with E-state index in [1.807, 2.05) is 11.8 Å². The Balaban J connectivity index is 2.53. The summed E-state index contributed by atoms with van der Waals surface area (Å²) in [7, 11) is 3.08. The van der Waals surface area contributed by atoms with Crippen LogP contribution >= 0.6 is 0 Å². The van der Waals surface area contributed by atoms with Crippen molar-refractivity contribution in [2.24, 2.45) is 5.73 Å². The molecule has 0 saturated carbocycles. The van der Waals surface area contributed by atoms with Gasteiger partial charge in [0.25, 0.3) is 5.69 Å². The van der Waals surface area contributed by atoms with E-state index in [1.165, 1.54) is 25.4 Å². The van der Waals surface area contributed by atoms with Crippen LogP contribution in [0.25, 0.3) is 5.70 Å². The fourth-order valence-corrected chi connectivity index (χ4v) is 2.81. The second kappa shape index (κ2) is 8.79. The van der Waals surface area contributed by atoms with Crippen LogP contribution in [0.1, 0.15) is 18.9 Å². The summed E-state index contributed by atoms with van der Waals surface area (Å²) in [6, 6.07) is 9.75. The summed E-state index contributed by atoms with van der Waals surface area (Å²) >= 11 is 0. The predicted molar refractivity (Wildman–Crippen MR) is 107 cm³/mol. The van der Waals surface area contributed by atoms with Crippen LogP contribution in [0, 0.1) is 10.1 Å². The molecule has 0 unspecified atom stereocenters. The molecule has 0 aliphatic rings. The Morgan fingerprint density at radius 3 is 2.26 bits per heavy atom. The molecule has 4 N–H and O–H groups in total. The van der Waals surface area contributed by atoms with Gasteiger partial charge in [-0.05, 0) is 24.6 Å². The summed E-state index contributed by atoms with van der Waals surface area (Å²) in [6.45, 7) is 2.68. The summed E-state index contributed by atoms with van der Waals surface area (Å²) in [5.74, 6) is 1.05. The van der Waals surface area contributed by atoms with Gasteiger partial charge in [0.05, 0.1) is 24.8 Å². The number of ether oxygens (including phenoxy) is 2. The maximum atomic E-state index is 10.9. The van der Waals surface area contributed by atoms with Gasteiger partial charge in [-0.15, -0.1) is 0 Å². The highest BCUT2D eigenvalue weighted by molar-refractivity contribution is 5.86. The van der Waals surface area contributed by atoms with Crippen molar-refractivity contribution in [2.45, 2.75) is 13.3 Å². The number of methoxy groups -OCH3 is 2. The van der Waals surface area contributed by atoms with E-state index in [2.05, 4.69) is 0 Å². The van der Waals surface area contributed by atoms with E-state index in [4.69, 9.17) is 20.9 Å². The quantitative estimate of drug-likeness (QED) is 0.414. The second-order valence-electron chi connectivity index (χ2n) is 5.77. The molecule has 144 valence electrons. The van der Waals surface area contributed by atoms with Crippen molar-refractivity contribution in [1.29, 1.82) is 0 Å². The number of hydrogen-bond donors (Lipinski definition) is 2. The molecular weight excluding hydrogens is 348 g/mol. The zero-order valence-electron chi connectivity index (χ0n) is 15.6.